The van der Waals surface area contributed by atoms with Crippen LogP contribution in [0.5, 0.6) is 0 Å². The molecule has 3 aromatic rings. The highest BCUT2D eigenvalue weighted by atomic mass is 19.3. The van der Waals surface area contributed by atoms with Crippen molar-refractivity contribution in [3.63, 3.8) is 0 Å². The van der Waals surface area contributed by atoms with E-state index in [2.05, 4.69) is 26.2 Å². The third-order valence-electron chi connectivity index (χ3n) is 6.83. The highest BCUT2D eigenvalue weighted by Gasteiger charge is 2.51. The maximum absolute atomic E-state index is 12.9. The van der Waals surface area contributed by atoms with E-state index in [1.807, 2.05) is 11.0 Å². The van der Waals surface area contributed by atoms with Crippen LogP contribution in [0, 0.1) is 23.2 Å². The van der Waals surface area contributed by atoms with Crippen molar-refractivity contribution in [2.24, 2.45) is 11.8 Å². The van der Waals surface area contributed by atoms with Crippen LogP contribution in [-0.2, 0) is 4.79 Å². The first-order chi connectivity index (χ1) is 15.5. The summed E-state index contributed by atoms with van der Waals surface area (Å²) in [6.45, 7) is -1.35. The summed E-state index contributed by atoms with van der Waals surface area (Å²) in [5.41, 5.74) is 2.08. The van der Waals surface area contributed by atoms with Crippen LogP contribution in [-0.4, -0.2) is 60.4 Å². The van der Waals surface area contributed by atoms with Crippen LogP contribution in [0.1, 0.15) is 25.8 Å². The molecule has 0 N–H and O–H groups in total. The van der Waals surface area contributed by atoms with Gasteiger partial charge in [0.15, 0.2) is 5.82 Å². The van der Waals surface area contributed by atoms with Gasteiger partial charge in [-0.2, -0.15) is 24.2 Å². The molecule has 9 nitrogen and oxygen atoms in total. The summed E-state index contributed by atoms with van der Waals surface area (Å²) in [4.78, 5) is 21.6. The van der Waals surface area contributed by atoms with E-state index in [0.29, 0.717) is 29.8 Å². The van der Waals surface area contributed by atoms with Crippen molar-refractivity contribution in [3.8, 4) is 17.2 Å². The Morgan fingerprint density at radius 1 is 1.16 bits per heavy atom. The molecule has 2 unspecified atom stereocenters. The van der Waals surface area contributed by atoms with Crippen LogP contribution < -0.4 is 4.90 Å². The first-order valence-corrected chi connectivity index (χ1v) is 10.7. The van der Waals surface area contributed by atoms with Crippen LogP contribution in [0.2, 0.25) is 0 Å². The molecule has 6 rings (SSSR count). The predicted molar refractivity (Wildman–Crippen MR) is 109 cm³/mol. The zero-order valence-corrected chi connectivity index (χ0v) is 17.1. The smallest absolute Gasteiger partial charge is 0.333 e. The SMILES string of the molecule is N#C[C@@H]1C[C@H]1C(=O)N1C2CCC1CN(c1ncnn3cc(-c4cnn(C(F)F)c4)cc13)C2. The molecular formula is C21H20F2N8O. The summed E-state index contributed by atoms with van der Waals surface area (Å²) in [7, 11) is 0. The molecule has 2 bridgehead atoms. The van der Waals surface area contributed by atoms with Crippen molar-refractivity contribution in [2.75, 3.05) is 18.0 Å². The van der Waals surface area contributed by atoms with E-state index in [0.717, 1.165) is 29.7 Å². The zero-order valence-electron chi connectivity index (χ0n) is 17.1. The van der Waals surface area contributed by atoms with Gasteiger partial charge in [-0.1, -0.05) is 0 Å². The van der Waals surface area contributed by atoms with Gasteiger partial charge in [-0.15, -0.1) is 0 Å². The van der Waals surface area contributed by atoms with Gasteiger partial charge in [-0.05, 0) is 25.3 Å². The minimum Gasteiger partial charge on any atom is -0.351 e. The summed E-state index contributed by atoms with van der Waals surface area (Å²) < 4.78 is 28.1. The number of alkyl halides is 2. The number of fused-ring (bicyclic) bond motifs is 3. The Balaban J connectivity index is 1.27. The number of amides is 1. The lowest BCUT2D eigenvalue weighted by Gasteiger charge is -2.41. The number of hydrogen-bond donors (Lipinski definition) is 0. The molecule has 5 heterocycles. The summed E-state index contributed by atoms with van der Waals surface area (Å²) in [6.07, 6.45) is 8.53. The topological polar surface area (TPSA) is 95.3 Å². The second kappa shape index (κ2) is 6.98. The largest absolute Gasteiger partial charge is 0.351 e. The van der Waals surface area contributed by atoms with E-state index in [9.17, 15) is 13.6 Å². The van der Waals surface area contributed by atoms with Gasteiger partial charge in [0.1, 0.15) is 11.8 Å². The van der Waals surface area contributed by atoms with Crippen molar-refractivity contribution in [2.45, 2.75) is 37.9 Å². The van der Waals surface area contributed by atoms with E-state index in [-0.39, 0.29) is 29.8 Å². The molecule has 2 saturated heterocycles. The van der Waals surface area contributed by atoms with E-state index in [1.54, 1.807) is 10.7 Å². The third-order valence-corrected chi connectivity index (χ3v) is 6.83. The fourth-order valence-corrected chi connectivity index (χ4v) is 5.15. The number of aromatic nitrogens is 5. The van der Waals surface area contributed by atoms with Crippen LogP contribution in [0.25, 0.3) is 16.6 Å². The highest BCUT2D eigenvalue weighted by molar-refractivity contribution is 5.84. The zero-order chi connectivity index (χ0) is 22.0. The van der Waals surface area contributed by atoms with Gasteiger partial charge in [0.05, 0.1) is 24.1 Å². The molecule has 164 valence electrons. The quantitative estimate of drug-likeness (QED) is 0.621. The van der Waals surface area contributed by atoms with Gasteiger partial charge in [-0.25, -0.2) is 14.2 Å². The van der Waals surface area contributed by atoms with Crippen molar-refractivity contribution >= 4 is 17.2 Å². The summed E-state index contributed by atoms with van der Waals surface area (Å²) in [5.74, 6) is 0.619. The second-order valence-corrected chi connectivity index (χ2v) is 8.74. The molecule has 11 heteroatoms. The molecule has 2 aliphatic heterocycles. The molecule has 1 aliphatic carbocycles. The molecule has 0 aromatic carbocycles. The molecule has 3 fully saturated rings. The van der Waals surface area contributed by atoms with Gasteiger partial charge < -0.3 is 9.80 Å². The Morgan fingerprint density at radius 3 is 2.59 bits per heavy atom. The highest BCUT2D eigenvalue weighted by Crippen LogP contribution is 2.43. The van der Waals surface area contributed by atoms with Gasteiger partial charge in [0, 0.05) is 48.7 Å². The Kier molecular flexibility index (Phi) is 4.18. The average molecular weight is 438 g/mol. The second-order valence-electron chi connectivity index (χ2n) is 8.74. The van der Waals surface area contributed by atoms with Gasteiger partial charge in [-0.3, -0.25) is 4.79 Å². The maximum Gasteiger partial charge on any atom is 0.333 e. The minimum absolute atomic E-state index is 0.106. The van der Waals surface area contributed by atoms with E-state index < -0.39 is 6.55 Å². The molecule has 4 atom stereocenters. The fourth-order valence-electron chi connectivity index (χ4n) is 5.15. The molecular weight excluding hydrogens is 418 g/mol. The number of halogens is 2. The number of rotatable bonds is 4. The standard InChI is InChI=1S/C21H20F2N8O/c22-21(23)30-8-14(6-26-30)13-4-18-19(25-11-27-29(18)7-13)28-9-15-1-2-16(10-28)31(15)20(32)17-3-12(17)5-24/h4,6-8,11-12,15-17,21H,1-3,9-10H2/t12-,15?,16?,17+/m0/s1. The van der Waals surface area contributed by atoms with Crippen molar-refractivity contribution < 1.29 is 13.6 Å². The van der Waals surface area contributed by atoms with Crippen molar-refractivity contribution in [1.82, 2.24) is 29.3 Å². The molecule has 1 amide bonds. The Labute approximate surface area is 181 Å². The number of piperazine rings is 1. The Morgan fingerprint density at radius 2 is 1.94 bits per heavy atom. The van der Waals surface area contributed by atoms with Gasteiger partial charge >= 0.3 is 6.55 Å². The Hall–Kier alpha value is -3.55. The molecule has 32 heavy (non-hydrogen) atoms. The van der Waals surface area contributed by atoms with Crippen LogP contribution >= 0.6 is 0 Å². The third kappa shape index (κ3) is 2.93. The molecule has 3 aliphatic rings. The van der Waals surface area contributed by atoms with E-state index in [1.165, 1.54) is 18.7 Å². The van der Waals surface area contributed by atoms with Crippen LogP contribution in [0.4, 0.5) is 14.6 Å². The number of carbonyl (C=O) groups is 1. The molecule has 0 spiro atoms. The monoisotopic (exact) mass is 438 g/mol. The lowest BCUT2D eigenvalue weighted by atomic mass is 10.1. The van der Waals surface area contributed by atoms with Crippen LogP contribution in [0.3, 0.4) is 0 Å². The lowest BCUT2D eigenvalue weighted by Crippen LogP contribution is -2.56. The minimum atomic E-state index is -2.69. The Bertz CT molecular complexity index is 1230. The van der Waals surface area contributed by atoms with Crippen molar-refractivity contribution in [1.29, 1.82) is 5.26 Å². The van der Waals surface area contributed by atoms with Crippen LogP contribution in [0.15, 0.2) is 31.0 Å². The normalized spacial score (nSPS) is 26.7. The average Bonchev–Trinajstić information content (AvgIpc) is 3.09. The van der Waals surface area contributed by atoms with Gasteiger partial charge in [0.2, 0.25) is 5.91 Å². The van der Waals surface area contributed by atoms with E-state index >= 15 is 0 Å². The first-order valence-electron chi connectivity index (χ1n) is 10.7. The number of hydrogen-bond acceptors (Lipinski definition) is 6. The molecule has 1 saturated carbocycles. The number of carbonyl (C=O) groups excluding carboxylic acids is 1. The fraction of sp³-hybridized carbons (Fsp3) is 0.476. The summed E-state index contributed by atoms with van der Waals surface area (Å²) >= 11 is 0. The maximum atomic E-state index is 12.9. The lowest BCUT2D eigenvalue weighted by molar-refractivity contribution is -0.136. The van der Waals surface area contributed by atoms with Crippen molar-refractivity contribution in [3.05, 3.63) is 31.0 Å². The van der Waals surface area contributed by atoms with Gasteiger partial charge in [0.25, 0.3) is 0 Å². The number of anilines is 1. The predicted octanol–water partition coefficient (Wildman–Crippen LogP) is 2.33. The molecule has 3 aromatic heterocycles. The summed E-state index contributed by atoms with van der Waals surface area (Å²) in [5, 5.41) is 17.1. The summed E-state index contributed by atoms with van der Waals surface area (Å²) in [6, 6.07) is 4.30. The first kappa shape index (κ1) is 19.2. The van der Waals surface area contributed by atoms with E-state index in [4.69, 9.17) is 5.26 Å². The number of nitrogens with zero attached hydrogens (tertiary/aromatic N) is 8. The molecule has 0 radical (unpaired) electrons. The number of nitriles is 1.